The molecule has 0 aromatic carbocycles. The van der Waals surface area contributed by atoms with Crippen molar-refractivity contribution >= 4 is 79.1 Å². The monoisotopic (exact) mass is 857 g/mol. The predicted octanol–water partition coefficient (Wildman–Crippen LogP) is -0.381. The smallest absolute Gasteiger partial charge is 0.463 e. The Morgan fingerprint density at radius 3 is 1.84 bits per heavy atom. The van der Waals surface area contributed by atoms with Crippen molar-refractivity contribution in [3.05, 3.63) is 12.7 Å². The van der Waals surface area contributed by atoms with Gasteiger partial charge < -0.3 is 57.9 Å². The number of carbonyl (C=O) groups excluding carboxylic acids is 6. The minimum Gasteiger partial charge on any atom is -0.463 e. The molecule has 11 atom stereocenters. The van der Waals surface area contributed by atoms with Crippen molar-refractivity contribution in [2.24, 2.45) is 0 Å². The molecule has 0 amide bonds. The highest BCUT2D eigenvalue weighted by molar-refractivity contribution is 8.08. The highest BCUT2D eigenvalue weighted by Gasteiger charge is 2.55. The van der Waals surface area contributed by atoms with E-state index in [1.54, 1.807) is 0 Å². The van der Waals surface area contributed by atoms with Gasteiger partial charge in [-0.1, -0.05) is 0 Å². The Morgan fingerprint density at radius 2 is 1.27 bits per heavy atom. The number of phosphoric ester groups is 1. The molecule has 0 aliphatic carbocycles. The van der Waals surface area contributed by atoms with Crippen LogP contribution in [-0.2, 0) is 96.4 Å². The van der Waals surface area contributed by atoms with Gasteiger partial charge in [-0.3, -0.25) is 37.9 Å². The second-order valence-electron chi connectivity index (χ2n) is 11.8. The largest absolute Gasteiger partial charge is 0.481 e. The van der Waals surface area contributed by atoms with Crippen molar-refractivity contribution in [2.75, 3.05) is 18.9 Å². The first-order chi connectivity index (χ1) is 26.1. The van der Waals surface area contributed by atoms with Crippen LogP contribution in [0.15, 0.2) is 12.7 Å². The average molecular weight is 858 g/mol. The Kier molecular flexibility index (Phi) is 14.6. The number of hydrogen-bond donors (Lipinski definition) is 3. The van der Waals surface area contributed by atoms with E-state index < -0.39 is 119 Å². The normalized spacial score (nSPS) is 28.2. The number of nitrogens with two attached hydrogens (primary N) is 1. The van der Waals surface area contributed by atoms with Crippen molar-refractivity contribution < 1.29 is 94.4 Å². The number of ether oxygens (including phenoxy) is 8. The highest BCUT2D eigenvalue weighted by Crippen LogP contribution is 2.62. The summed E-state index contributed by atoms with van der Waals surface area (Å²) in [6.07, 6.45) is -12.4. The number of nitrogen functional groups attached to an aromatic ring is 1. The van der Waals surface area contributed by atoms with Gasteiger partial charge in [-0.15, -0.1) is 0 Å². The number of esters is 6. The van der Waals surface area contributed by atoms with Gasteiger partial charge in [-0.25, -0.2) is 23.8 Å². The van der Waals surface area contributed by atoms with Crippen molar-refractivity contribution in [3.63, 3.8) is 0 Å². The Labute approximate surface area is 321 Å². The van der Waals surface area contributed by atoms with E-state index in [2.05, 4.69) is 15.0 Å². The number of aromatic nitrogens is 4. The molecular weight excluding hydrogens is 820 g/mol. The Balaban J connectivity index is 1.58. The van der Waals surface area contributed by atoms with Gasteiger partial charge in [0.05, 0.1) is 12.9 Å². The molecule has 2 saturated heterocycles. The fourth-order valence-corrected chi connectivity index (χ4v) is 8.61. The first kappa shape index (κ1) is 44.5. The summed E-state index contributed by atoms with van der Waals surface area (Å²) < 4.78 is 72.9. The lowest BCUT2D eigenvalue weighted by molar-refractivity contribution is -0.291. The number of imidazole rings is 1. The van der Waals surface area contributed by atoms with E-state index in [-0.39, 0.29) is 17.0 Å². The van der Waals surface area contributed by atoms with Gasteiger partial charge in [0, 0.05) is 41.5 Å². The van der Waals surface area contributed by atoms with E-state index in [4.69, 9.17) is 68.8 Å². The van der Waals surface area contributed by atoms with E-state index in [0.717, 1.165) is 47.9 Å². The van der Waals surface area contributed by atoms with E-state index in [9.17, 15) is 43.1 Å². The molecule has 2 aliphatic heterocycles. The zero-order valence-corrected chi connectivity index (χ0v) is 32.8. The fraction of sp³-hybridized carbons (Fsp3) is 0.607. The van der Waals surface area contributed by atoms with Crippen LogP contribution in [0.1, 0.15) is 47.8 Å². The first-order valence-electron chi connectivity index (χ1n) is 16.0. The maximum absolute atomic E-state index is 13.4. The zero-order valence-electron chi connectivity index (χ0n) is 30.2. The van der Waals surface area contributed by atoms with Crippen molar-refractivity contribution in [3.8, 4) is 0 Å². The van der Waals surface area contributed by atoms with Crippen LogP contribution in [0, 0.1) is 0 Å². The minimum absolute atomic E-state index is 0.00445. The zero-order chi connectivity index (χ0) is 41.7. The molecule has 2 aromatic rings. The second kappa shape index (κ2) is 18.4. The topological polar surface area (TPSA) is 331 Å². The van der Waals surface area contributed by atoms with Gasteiger partial charge in [0.25, 0.3) is 0 Å². The molecular formula is C28H37N5O20P2S. The summed E-state index contributed by atoms with van der Waals surface area (Å²) >= 11 is 4.95. The van der Waals surface area contributed by atoms with Gasteiger partial charge in [-0.2, -0.15) is 0 Å². The molecule has 0 spiro atoms. The van der Waals surface area contributed by atoms with Gasteiger partial charge >= 0.3 is 50.4 Å². The third kappa shape index (κ3) is 11.7. The highest BCUT2D eigenvalue weighted by atomic mass is 32.5. The number of nitrogens with zero attached hydrogens (tertiary/aromatic N) is 4. The predicted molar refractivity (Wildman–Crippen MR) is 181 cm³/mol. The molecule has 4 heterocycles. The summed E-state index contributed by atoms with van der Waals surface area (Å²) in [6.45, 7) is -0.471. The Hall–Kier alpha value is -4.23. The lowest BCUT2D eigenvalue weighted by atomic mass is 9.98. The number of anilines is 1. The summed E-state index contributed by atoms with van der Waals surface area (Å²) in [5.41, 5.74) is 6.16. The quantitative estimate of drug-likeness (QED) is 0.117. The molecule has 4 rings (SSSR count). The molecule has 310 valence electrons. The van der Waals surface area contributed by atoms with Crippen molar-refractivity contribution in [2.45, 2.75) is 96.8 Å². The molecule has 2 aliphatic rings. The number of hydrogen-bond acceptors (Lipinski definition) is 23. The molecule has 25 nitrogen and oxygen atoms in total. The van der Waals surface area contributed by atoms with Gasteiger partial charge in [0.15, 0.2) is 48.2 Å². The lowest BCUT2D eigenvalue weighted by Crippen LogP contribution is -2.62. The molecule has 0 saturated carbocycles. The average Bonchev–Trinajstić information content (AvgIpc) is 3.62. The van der Waals surface area contributed by atoms with E-state index >= 15 is 0 Å². The van der Waals surface area contributed by atoms with E-state index in [0.29, 0.717) is 0 Å². The molecule has 28 heteroatoms. The molecule has 0 radical (unpaired) electrons. The summed E-state index contributed by atoms with van der Waals surface area (Å²) in [6, 6.07) is 0. The van der Waals surface area contributed by atoms with Crippen LogP contribution >= 0.6 is 14.5 Å². The molecule has 56 heavy (non-hydrogen) atoms. The maximum atomic E-state index is 13.4. The van der Waals surface area contributed by atoms with Gasteiger partial charge in [0.2, 0.25) is 6.29 Å². The van der Waals surface area contributed by atoms with Crippen LogP contribution in [0.4, 0.5) is 5.82 Å². The number of phosphoric acid groups is 1. The third-order valence-electron chi connectivity index (χ3n) is 7.34. The van der Waals surface area contributed by atoms with Gasteiger partial charge in [0.1, 0.15) is 30.7 Å². The van der Waals surface area contributed by atoms with Crippen molar-refractivity contribution in [1.82, 2.24) is 19.5 Å². The summed E-state index contributed by atoms with van der Waals surface area (Å²) in [7, 11) is -5.69. The molecule has 11 unspecified atom stereocenters. The third-order valence-corrected chi connectivity index (χ3v) is 10.9. The standard InChI is InChI=1S/C28H37N5O20P2S/c1-11(34)43-7-17-20(45-12(2)35)22(47-14(4)37)24(49-16(6)39)28(51-17)52-54(40,41)53-55(42,56)44-8-18-21(46-13(3)36)23(48-15(5)38)27(50-18)33-10-32-19-25(29)30-9-31-26(19)33/h9-10,17-18,20-24,27-28H,7-8H2,1-6H3,(H,40,41)(H,42,56)(H2,29,30,31). The number of fused-ring (bicyclic) bond motifs is 1. The number of rotatable bonds is 15. The summed E-state index contributed by atoms with van der Waals surface area (Å²) in [4.78, 5) is 106. The Morgan fingerprint density at radius 1 is 0.750 bits per heavy atom. The fourth-order valence-electron chi connectivity index (χ4n) is 5.52. The summed E-state index contributed by atoms with van der Waals surface area (Å²) in [5, 5.41) is 0. The number of carbonyl (C=O) groups is 6. The molecule has 2 aromatic heterocycles. The molecule has 0 bridgehead atoms. The lowest BCUT2D eigenvalue weighted by Gasteiger charge is -2.44. The van der Waals surface area contributed by atoms with Crippen LogP contribution in [-0.4, -0.2) is 127 Å². The van der Waals surface area contributed by atoms with Crippen LogP contribution in [0.25, 0.3) is 11.2 Å². The Bertz CT molecular complexity index is 1930. The van der Waals surface area contributed by atoms with Crippen LogP contribution in [0.5, 0.6) is 0 Å². The summed E-state index contributed by atoms with van der Waals surface area (Å²) in [5.74, 6) is -5.51. The van der Waals surface area contributed by atoms with Crippen LogP contribution in [0.2, 0.25) is 0 Å². The van der Waals surface area contributed by atoms with Gasteiger partial charge in [-0.05, 0) is 11.8 Å². The van der Waals surface area contributed by atoms with Crippen LogP contribution in [0.3, 0.4) is 0 Å². The SMILES string of the molecule is CC(=O)OCC1OC(OP(=O)(O)OP(O)(=S)OCC2OC(n3cnc4c(N)ncnc43)C(OC(C)=O)C2OC(C)=O)C(OC(C)=O)C(OC(C)=O)C1OC(C)=O. The first-order valence-corrected chi connectivity index (χ1v) is 20.1. The van der Waals surface area contributed by atoms with E-state index in [1.807, 2.05) is 0 Å². The second-order valence-corrected chi connectivity index (χ2v) is 16.2. The van der Waals surface area contributed by atoms with E-state index in [1.165, 1.54) is 10.9 Å². The minimum atomic E-state index is -5.69. The van der Waals surface area contributed by atoms with Crippen LogP contribution < -0.4 is 5.73 Å². The molecule has 4 N–H and O–H groups in total. The van der Waals surface area contributed by atoms with Crippen molar-refractivity contribution in [1.29, 1.82) is 0 Å². The molecule has 2 fully saturated rings. The maximum Gasteiger partial charge on any atom is 0.481 e.